The van der Waals surface area contributed by atoms with Crippen molar-refractivity contribution in [3.05, 3.63) is 93.5 Å². The summed E-state index contributed by atoms with van der Waals surface area (Å²) in [6.45, 7) is -0.321. The maximum atomic E-state index is 12.5. The number of carbonyl (C=O) groups is 1. The molecule has 8 heteroatoms. The largest absolute Gasteiger partial charge is 0.493 e. The molecule has 1 amide bonds. The minimum atomic E-state index is -0.452. The zero-order valence-electron chi connectivity index (χ0n) is 16.6. The van der Waals surface area contributed by atoms with Crippen LogP contribution in [0.3, 0.4) is 0 Å². The molecular weight excluding hydrogens is 398 g/mol. The number of nitrogens with one attached hydrogen (secondary N) is 2. The highest BCUT2D eigenvalue weighted by Crippen LogP contribution is 2.31. The number of H-pyrrole nitrogens is 1. The molecule has 8 nitrogen and oxygen atoms in total. The average Bonchev–Trinajstić information content (AvgIpc) is 2.79. The average molecular weight is 417 g/mol. The second kappa shape index (κ2) is 8.58. The third-order valence-corrected chi connectivity index (χ3v) is 4.62. The Morgan fingerprint density at radius 1 is 0.903 bits per heavy atom. The van der Waals surface area contributed by atoms with Crippen molar-refractivity contribution in [2.75, 3.05) is 12.4 Å². The topological polar surface area (TPSA) is 102 Å². The number of aromatic amines is 1. The summed E-state index contributed by atoms with van der Waals surface area (Å²) in [4.78, 5) is 37.1. The molecule has 0 fully saturated rings. The summed E-state index contributed by atoms with van der Waals surface area (Å²) >= 11 is 0. The molecular formula is C23H19N3O5. The fourth-order valence-electron chi connectivity index (χ4n) is 3.14. The Morgan fingerprint density at radius 3 is 2.26 bits per heavy atom. The van der Waals surface area contributed by atoms with Crippen LogP contribution in [-0.2, 0) is 11.3 Å². The molecule has 4 rings (SSSR count). The van der Waals surface area contributed by atoms with Gasteiger partial charge in [0.25, 0.3) is 11.1 Å². The van der Waals surface area contributed by atoms with Crippen molar-refractivity contribution < 1.29 is 14.3 Å². The lowest BCUT2D eigenvalue weighted by Crippen LogP contribution is -2.34. The first-order valence-corrected chi connectivity index (χ1v) is 9.48. The van der Waals surface area contributed by atoms with E-state index in [1.165, 1.54) is 0 Å². The maximum Gasteiger partial charge on any atom is 0.273 e. The summed E-state index contributed by atoms with van der Waals surface area (Å²) in [7, 11) is 1.56. The SMILES string of the molecule is COc1ccccc1Oc1ccc(NC(=O)Cn2[nH]c(=O)c3ccccc3c2=O)cc1. The number of carbonyl (C=O) groups excluding carboxylic acids is 1. The Hall–Kier alpha value is -4.33. The second-order valence-corrected chi connectivity index (χ2v) is 6.70. The summed E-state index contributed by atoms with van der Waals surface area (Å²) < 4.78 is 12.1. The van der Waals surface area contributed by atoms with Gasteiger partial charge in [0, 0.05) is 5.69 Å². The number of aromatic nitrogens is 2. The number of ether oxygens (including phenoxy) is 2. The van der Waals surface area contributed by atoms with E-state index < -0.39 is 17.0 Å². The van der Waals surface area contributed by atoms with Gasteiger partial charge in [0.2, 0.25) is 5.91 Å². The number of benzene rings is 3. The Kier molecular flexibility index (Phi) is 5.53. The van der Waals surface area contributed by atoms with Crippen LogP contribution in [0.25, 0.3) is 10.8 Å². The lowest BCUT2D eigenvalue weighted by atomic mass is 10.2. The predicted molar refractivity (Wildman–Crippen MR) is 117 cm³/mol. The van der Waals surface area contributed by atoms with Gasteiger partial charge in [0.05, 0.1) is 17.9 Å². The number of rotatable bonds is 6. The molecule has 0 radical (unpaired) electrons. The van der Waals surface area contributed by atoms with Crippen LogP contribution in [0, 0.1) is 0 Å². The van der Waals surface area contributed by atoms with E-state index in [0.717, 1.165) is 4.68 Å². The Labute approximate surface area is 176 Å². The summed E-state index contributed by atoms with van der Waals surface area (Å²) in [5, 5.41) is 5.68. The standard InChI is InChI=1S/C23H19N3O5/c1-30-19-8-4-5-9-20(19)31-16-12-10-15(11-13-16)24-21(27)14-26-23(29)18-7-3-2-6-17(18)22(28)25-26/h2-13H,14H2,1H3,(H,24,27)(H,25,28). The normalized spacial score (nSPS) is 10.6. The van der Waals surface area contributed by atoms with Crippen molar-refractivity contribution in [1.29, 1.82) is 0 Å². The zero-order chi connectivity index (χ0) is 21.8. The van der Waals surface area contributed by atoms with E-state index in [9.17, 15) is 14.4 Å². The van der Waals surface area contributed by atoms with E-state index in [-0.39, 0.29) is 17.3 Å². The summed E-state index contributed by atoms with van der Waals surface area (Å²) in [6.07, 6.45) is 0. The molecule has 0 atom stereocenters. The van der Waals surface area contributed by atoms with E-state index in [1.54, 1.807) is 67.8 Å². The number of hydrogen-bond donors (Lipinski definition) is 2. The highest BCUT2D eigenvalue weighted by Gasteiger charge is 2.11. The number of nitrogens with zero attached hydrogens (tertiary/aromatic N) is 1. The van der Waals surface area contributed by atoms with E-state index >= 15 is 0 Å². The summed E-state index contributed by atoms with van der Waals surface area (Å²) in [5.41, 5.74) is -0.347. The summed E-state index contributed by atoms with van der Waals surface area (Å²) in [6, 6.07) is 20.5. The molecule has 0 aliphatic carbocycles. The smallest absolute Gasteiger partial charge is 0.273 e. The predicted octanol–water partition coefficient (Wildman–Crippen LogP) is 3.13. The van der Waals surface area contributed by atoms with Crippen molar-refractivity contribution in [3.63, 3.8) is 0 Å². The molecule has 156 valence electrons. The van der Waals surface area contributed by atoms with Crippen LogP contribution in [0.5, 0.6) is 17.2 Å². The molecule has 0 saturated carbocycles. The molecule has 3 aromatic carbocycles. The molecule has 0 aliphatic heterocycles. The van der Waals surface area contributed by atoms with Crippen LogP contribution in [0.1, 0.15) is 0 Å². The number of hydrogen-bond acceptors (Lipinski definition) is 5. The van der Waals surface area contributed by atoms with Gasteiger partial charge in [-0.15, -0.1) is 0 Å². The quantitative estimate of drug-likeness (QED) is 0.502. The molecule has 1 heterocycles. The lowest BCUT2D eigenvalue weighted by Gasteiger charge is -2.11. The van der Waals surface area contributed by atoms with Crippen LogP contribution >= 0.6 is 0 Å². The lowest BCUT2D eigenvalue weighted by molar-refractivity contribution is -0.117. The molecule has 31 heavy (non-hydrogen) atoms. The summed E-state index contributed by atoms with van der Waals surface area (Å²) in [5.74, 6) is 1.29. The Bertz CT molecular complexity index is 1360. The van der Waals surface area contributed by atoms with Gasteiger partial charge in [0.15, 0.2) is 11.5 Å². The Morgan fingerprint density at radius 2 is 1.55 bits per heavy atom. The third-order valence-electron chi connectivity index (χ3n) is 4.62. The second-order valence-electron chi connectivity index (χ2n) is 6.70. The molecule has 0 spiro atoms. The van der Waals surface area contributed by atoms with Crippen LogP contribution in [0.15, 0.2) is 82.4 Å². The number of para-hydroxylation sites is 2. The molecule has 0 saturated heterocycles. The molecule has 0 unspecified atom stereocenters. The molecule has 4 aromatic rings. The third kappa shape index (κ3) is 4.32. The minimum Gasteiger partial charge on any atom is -0.493 e. The number of methoxy groups -OCH3 is 1. The van der Waals surface area contributed by atoms with Gasteiger partial charge in [-0.25, -0.2) is 4.68 Å². The van der Waals surface area contributed by atoms with Crippen molar-refractivity contribution in [3.8, 4) is 17.2 Å². The fraction of sp³-hybridized carbons (Fsp3) is 0.0870. The van der Waals surface area contributed by atoms with E-state index in [1.807, 2.05) is 12.1 Å². The van der Waals surface area contributed by atoms with Crippen LogP contribution in [-0.4, -0.2) is 22.8 Å². The van der Waals surface area contributed by atoms with Crippen LogP contribution < -0.4 is 25.9 Å². The van der Waals surface area contributed by atoms with Gasteiger partial charge in [-0.05, 0) is 48.5 Å². The fourth-order valence-corrected chi connectivity index (χ4v) is 3.14. The van der Waals surface area contributed by atoms with Crippen LogP contribution in [0.4, 0.5) is 5.69 Å². The van der Waals surface area contributed by atoms with Gasteiger partial charge in [-0.3, -0.25) is 19.5 Å². The van der Waals surface area contributed by atoms with Crippen molar-refractivity contribution in [2.24, 2.45) is 0 Å². The molecule has 0 aliphatic rings. The number of fused-ring (bicyclic) bond motifs is 1. The monoisotopic (exact) mass is 417 g/mol. The van der Waals surface area contributed by atoms with Crippen molar-refractivity contribution in [2.45, 2.75) is 6.54 Å². The number of anilines is 1. The van der Waals surface area contributed by atoms with Crippen molar-refractivity contribution in [1.82, 2.24) is 9.78 Å². The van der Waals surface area contributed by atoms with E-state index in [4.69, 9.17) is 9.47 Å². The first kappa shape index (κ1) is 20.0. The first-order chi connectivity index (χ1) is 15.0. The Balaban J connectivity index is 1.46. The van der Waals surface area contributed by atoms with Gasteiger partial charge < -0.3 is 14.8 Å². The van der Waals surface area contributed by atoms with Gasteiger partial charge >= 0.3 is 0 Å². The highest BCUT2D eigenvalue weighted by molar-refractivity contribution is 5.90. The van der Waals surface area contributed by atoms with E-state index in [0.29, 0.717) is 22.9 Å². The highest BCUT2D eigenvalue weighted by atomic mass is 16.5. The van der Waals surface area contributed by atoms with Gasteiger partial charge in [-0.2, -0.15) is 0 Å². The van der Waals surface area contributed by atoms with Crippen molar-refractivity contribution >= 4 is 22.4 Å². The molecule has 0 bridgehead atoms. The van der Waals surface area contributed by atoms with Crippen LogP contribution in [0.2, 0.25) is 0 Å². The zero-order valence-corrected chi connectivity index (χ0v) is 16.6. The van der Waals surface area contributed by atoms with E-state index in [2.05, 4.69) is 10.4 Å². The number of amides is 1. The minimum absolute atomic E-state index is 0.261. The molecule has 2 N–H and O–H groups in total. The molecule has 1 aromatic heterocycles. The maximum absolute atomic E-state index is 12.5. The first-order valence-electron chi connectivity index (χ1n) is 9.48. The van der Waals surface area contributed by atoms with Gasteiger partial charge in [-0.1, -0.05) is 24.3 Å². The van der Waals surface area contributed by atoms with Gasteiger partial charge in [0.1, 0.15) is 12.3 Å².